The Bertz CT molecular complexity index is 1250. The van der Waals surface area contributed by atoms with Gasteiger partial charge in [0.2, 0.25) is 5.91 Å². The minimum Gasteiger partial charge on any atom is -0.493 e. The fourth-order valence-corrected chi connectivity index (χ4v) is 5.11. The number of hydrogen-bond donors (Lipinski definition) is 3. The van der Waals surface area contributed by atoms with Crippen molar-refractivity contribution in [3.63, 3.8) is 0 Å². The predicted octanol–water partition coefficient (Wildman–Crippen LogP) is 4.81. The highest BCUT2D eigenvalue weighted by atomic mass is 16.5. The molecule has 1 aromatic carbocycles. The van der Waals surface area contributed by atoms with Crippen molar-refractivity contribution in [1.82, 2.24) is 20.6 Å². The molecular weight excluding hydrogens is 440 g/mol. The summed E-state index contributed by atoms with van der Waals surface area (Å²) in [5.74, 6) is 1.43. The van der Waals surface area contributed by atoms with Gasteiger partial charge in [0.15, 0.2) is 0 Å². The van der Waals surface area contributed by atoms with Gasteiger partial charge in [-0.2, -0.15) is 0 Å². The van der Waals surface area contributed by atoms with E-state index in [4.69, 9.17) is 4.74 Å². The maximum atomic E-state index is 13.4. The zero-order valence-corrected chi connectivity index (χ0v) is 20.7. The number of amides is 2. The van der Waals surface area contributed by atoms with E-state index in [0.717, 1.165) is 65.9 Å². The average molecular weight is 475 g/mol. The van der Waals surface area contributed by atoms with Crippen LogP contribution in [0, 0.1) is 19.8 Å². The number of nitrogens with zero attached hydrogens (tertiary/aromatic N) is 1. The van der Waals surface area contributed by atoms with Gasteiger partial charge in [-0.05, 0) is 76.5 Å². The molecule has 2 aliphatic carbocycles. The third-order valence-corrected chi connectivity index (χ3v) is 7.17. The van der Waals surface area contributed by atoms with Gasteiger partial charge < -0.3 is 20.4 Å². The largest absolute Gasteiger partial charge is 0.493 e. The molecule has 0 radical (unpaired) electrons. The number of rotatable bonds is 7. The van der Waals surface area contributed by atoms with E-state index in [1.165, 1.54) is 12.8 Å². The quantitative estimate of drug-likeness (QED) is 0.458. The molecule has 2 heterocycles. The molecule has 5 rings (SSSR count). The van der Waals surface area contributed by atoms with Gasteiger partial charge in [-0.3, -0.25) is 14.6 Å². The molecule has 0 unspecified atom stereocenters. The second-order valence-electron chi connectivity index (χ2n) is 10.2. The number of carbonyl (C=O) groups is 2. The lowest BCUT2D eigenvalue weighted by Gasteiger charge is -2.29. The van der Waals surface area contributed by atoms with Gasteiger partial charge in [0.25, 0.3) is 5.91 Å². The van der Waals surface area contributed by atoms with Gasteiger partial charge >= 0.3 is 0 Å². The lowest BCUT2D eigenvalue weighted by Crippen LogP contribution is -2.43. The Morgan fingerprint density at radius 3 is 2.40 bits per heavy atom. The number of aryl methyl sites for hydroxylation is 2. The van der Waals surface area contributed by atoms with Crippen LogP contribution in [0.15, 0.2) is 30.5 Å². The average Bonchev–Trinajstić information content (AvgIpc) is 3.58. The number of fused-ring (bicyclic) bond motifs is 1. The lowest BCUT2D eigenvalue weighted by molar-refractivity contribution is -0.119. The molecule has 2 saturated carbocycles. The Morgan fingerprint density at radius 1 is 1.00 bits per heavy atom. The van der Waals surface area contributed by atoms with Crippen molar-refractivity contribution in [1.29, 1.82) is 0 Å². The fraction of sp³-hybridized carbons (Fsp3) is 0.464. The minimum absolute atomic E-state index is 0.00323. The van der Waals surface area contributed by atoms with Gasteiger partial charge in [0.05, 0.1) is 17.7 Å². The van der Waals surface area contributed by atoms with E-state index in [9.17, 15) is 9.59 Å². The van der Waals surface area contributed by atoms with Gasteiger partial charge in [-0.15, -0.1) is 0 Å². The molecular formula is C28H34N4O3. The zero-order valence-electron chi connectivity index (χ0n) is 20.7. The SMILES string of the molecule is CC(=O)NC1CCC(NC(=O)c2c(C)[nH]c3c(-c4cc(C)ccc4OCC4CC4)ccnc23)CC1. The summed E-state index contributed by atoms with van der Waals surface area (Å²) in [5.41, 5.74) is 6.09. The summed E-state index contributed by atoms with van der Waals surface area (Å²) >= 11 is 0. The topological polar surface area (TPSA) is 96.1 Å². The third kappa shape index (κ3) is 5.19. The highest BCUT2D eigenvalue weighted by Gasteiger charge is 2.27. The van der Waals surface area contributed by atoms with Gasteiger partial charge in [0.1, 0.15) is 11.3 Å². The first-order chi connectivity index (χ1) is 16.9. The molecule has 0 atom stereocenters. The Kier molecular flexibility index (Phi) is 6.50. The predicted molar refractivity (Wildman–Crippen MR) is 137 cm³/mol. The van der Waals surface area contributed by atoms with Crippen LogP contribution in [-0.4, -0.2) is 40.5 Å². The number of H-pyrrole nitrogens is 1. The van der Waals surface area contributed by atoms with Crippen LogP contribution in [0.1, 0.15) is 67.1 Å². The number of pyridine rings is 1. The molecule has 3 aromatic rings. The van der Waals surface area contributed by atoms with Gasteiger partial charge in [-0.25, -0.2) is 0 Å². The van der Waals surface area contributed by atoms with Crippen LogP contribution in [0.25, 0.3) is 22.2 Å². The fourth-order valence-electron chi connectivity index (χ4n) is 5.11. The van der Waals surface area contributed by atoms with E-state index < -0.39 is 0 Å². The molecule has 35 heavy (non-hydrogen) atoms. The van der Waals surface area contributed by atoms with Crippen LogP contribution in [0.5, 0.6) is 5.75 Å². The van der Waals surface area contributed by atoms with Crippen LogP contribution < -0.4 is 15.4 Å². The van der Waals surface area contributed by atoms with E-state index in [1.54, 1.807) is 13.1 Å². The second kappa shape index (κ2) is 9.72. The number of aromatic amines is 1. The van der Waals surface area contributed by atoms with Crippen LogP contribution in [0.2, 0.25) is 0 Å². The Hall–Kier alpha value is -3.35. The highest BCUT2D eigenvalue weighted by Crippen LogP contribution is 2.38. The van der Waals surface area contributed by atoms with Crippen LogP contribution in [-0.2, 0) is 4.79 Å². The van der Waals surface area contributed by atoms with Gasteiger partial charge in [-0.1, -0.05) is 11.6 Å². The number of hydrogen-bond acceptors (Lipinski definition) is 4. The van der Waals surface area contributed by atoms with E-state index in [2.05, 4.69) is 39.7 Å². The van der Waals surface area contributed by atoms with Crippen molar-refractivity contribution in [3.8, 4) is 16.9 Å². The number of ether oxygens (including phenoxy) is 1. The summed E-state index contributed by atoms with van der Waals surface area (Å²) in [6.45, 7) is 6.29. The van der Waals surface area contributed by atoms with Crippen molar-refractivity contribution >= 4 is 22.8 Å². The smallest absolute Gasteiger partial charge is 0.255 e. The normalized spacial score (nSPS) is 20.0. The summed E-state index contributed by atoms with van der Waals surface area (Å²) in [5, 5.41) is 6.20. The van der Waals surface area contributed by atoms with Crippen molar-refractivity contribution in [2.45, 2.75) is 71.4 Å². The second-order valence-corrected chi connectivity index (χ2v) is 10.2. The summed E-state index contributed by atoms with van der Waals surface area (Å²) in [4.78, 5) is 32.7. The molecule has 2 amide bonds. The van der Waals surface area contributed by atoms with Crippen LogP contribution >= 0.6 is 0 Å². The monoisotopic (exact) mass is 474 g/mol. The molecule has 7 heteroatoms. The number of aromatic nitrogens is 2. The number of nitrogens with one attached hydrogen (secondary N) is 3. The molecule has 3 N–H and O–H groups in total. The standard InChI is InChI=1S/C28H34N4O3/c1-16-4-11-24(35-15-19-5-6-19)23(14-16)22-12-13-29-27-25(17(2)30-26(22)27)28(34)32-21-9-7-20(8-10-21)31-18(3)33/h4,11-14,19-21,30H,5-10,15H2,1-3H3,(H,31,33)(H,32,34). The third-order valence-electron chi connectivity index (χ3n) is 7.17. The Balaban J connectivity index is 1.40. The molecule has 2 aromatic heterocycles. The molecule has 184 valence electrons. The van der Waals surface area contributed by atoms with Gasteiger partial charge in [0, 0.05) is 42.0 Å². The summed E-state index contributed by atoms with van der Waals surface area (Å²) in [7, 11) is 0. The number of carbonyl (C=O) groups excluding carboxylic acids is 2. The number of benzene rings is 1. The van der Waals surface area contributed by atoms with Crippen molar-refractivity contribution in [3.05, 3.63) is 47.3 Å². The first-order valence-electron chi connectivity index (χ1n) is 12.7. The van der Waals surface area contributed by atoms with Crippen molar-refractivity contribution in [2.24, 2.45) is 5.92 Å². The minimum atomic E-state index is -0.101. The first-order valence-corrected chi connectivity index (χ1v) is 12.7. The molecule has 0 aliphatic heterocycles. The Labute approximate surface area is 206 Å². The zero-order chi connectivity index (χ0) is 24.5. The molecule has 2 fully saturated rings. The molecule has 2 aliphatic rings. The van der Waals surface area contributed by atoms with E-state index in [1.807, 2.05) is 19.1 Å². The molecule has 0 spiro atoms. The van der Waals surface area contributed by atoms with Crippen molar-refractivity contribution in [2.75, 3.05) is 6.61 Å². The van der Waals surface area contributed by atoms with E-state index in [0.29, 0.717) is 17.0 Å². The maximum Gasteiger partial charge on any atom is 0.255 e. The van der Waals surface area contributed by atoms with E-state index >= 15 is 0 Å². The molecule has 0 saturated heterocycles. The van der Waals surface area contributed by atoms with Crippen molar-refractivity contribution < 1.29 is 14.3 Å². The summed E-state index contributed by atoms with van der Waals surface area (Å²) in [6, 6.07) is 8.54. The summed E-state index contributed by atoms with van der Waals surface area (Å²) in [6.07, 6.45) is 7.69. The van der Waals surface area contributed by atoms with Crippen LogP contribution in [0.3, 0.4) is 0 Å². The Morgan fingerprint density at radius 2 is 1.71 bits per heavy atom. The van der Waals surface area contributed by atoms with E-state index in [-0.39, 0.29) is 23.9 Å². The first kappa shape index (κ1) is 23.4. The molecule has 0 bridgehead atoms. The highest BCUT2D eigenvalue weighted by molar-refractivity contribution is 6.09. The molecule has 7 nitrogen and oxygen atoms in total. The summed E-state index contributed by atoms with van der Waals surface area (Å²) < 4.78 is 6.20. The van der Waals surface area contributed by atoms with Crippen LogP contribution in [0.4, 0.5) is 0 Å². The lowest BCUT2D eigenvalue weighted by atomic mass is 9.91. The maximum absolute atomic E-state index is 13.4.